The van der Waals surface area contributed by atoms with Crippen molar-refractivity contribution < 1.29 is 14.6 Å². The molecule has 1 aromatic rings. The Hall–Kier alpha value is -1.74. The SMILES string of the molecule is C=C(O/C=C\C)[C@H]1Oc2ccccc2C[C@@H]1O. The quantitative estimate of drug-likeness (QED) is 0.813. The third-order valence-corrected chi connectivity index (χ3v) is 2.68. The molecule has 0 fully saturated rings. The first-order chi connectivity index (χ1) is 8.22. The lowest BCUT2D eigenvalue weighted by Crippen LogP contribution is -2.38. The Morgan fingerprint density at radius 2 is 2.29 bits per heavy atom. The number of aliphatic hydroxyl groups excluding tert-OH is 1. The van der Waals surface area contributed by atoms with Crippen molar-refractivity contribution in [3.63, 3.8) is 0 Å². The summed E-state index contributed by atoms with van der Waals surface area (Å²) in [5, 5.41) is 10.00. The molecule has 0 saturated heterocycles. The molecule has 3 heteroatoms. The fourth-order valence-electron chi connectivity index (χ4n) is 1.84. The summed E-state index contributed by atoms with van der Waals surface area (Å²) < 4.78 is 11.0. The van der Waals surface area contributed by atoms with Crippen molar-refractivity contribution in [1.29, 1.82) is 0 Å². The van der Waals surface area contributed by atoms with E-state index in [0.717, 1.165) is 11.3 Å². The second-order valence-corrected chi connectivity index (χ2v) is 3.97. The largest absolute Gasteiger partial charge is 0.479 e. The number of benzene rings is 1. The molecule has 2 atom stereocenters. The fraction of sp³-hybridized carbons (Fsp3) is 0.286. The zero-order valence-electron chi connectivity index (χ0n) is 9.80. The Morgan fingerprint density at radius 3 is 3.06 bits per heavy atom. The first-order valence-corrected chi connectivity index (χ1v) is 5.61. The molecule has 0 unspecified atom stereocenters. The summed E-state index contributed by atoms with van der Waals surface area (Å²) in [5.41, 5.74) is 1.01. The molecule has 0 radical (unpaired) electrons. The summed E-state index contributed by atoms with van der Waals surface area (Å²) in [6, 6.07) is 7.67. The van der Waals surface area contributed by atoms with Gasteiger partial charge in [-0.25, -0.2) is 0 Å². The first kappa shape index (κ1) is 11.7. The summed E-state index contributed by atoms with van der Waals surface area (Å²) in [5.74, 6) is 1.21. The van der Waals surface area contributed by atoms with Crippen LogP contribution in [-0.2, 0) is 11.2 Å². The minimum absolute atomic E-state index is 0.421. The Labute approximate surface area is 101 Å². The van der Waals surface area contributed by atoms with Gasteiger partial charge in [-0.15, -0.1) is 0 Å². The smallest absolute Gasteiger partial charge is 0.181 e. The third-order valence-electron chi connectivity index (χ3n) is 2.68. The van der Waals surface area contributed by atoms with E-state index in [1.54, 1.807) is 6.08 Å². The van der Waals surface area contributed by atoms with Crippen LogP contribution in [0.5, 0.6) is 5.75 Å². The number of allylic oxidation sites excluding steroid dienone is 1. The summed E-state index contributed by atoms with van der Waals surface area (Å²) in [6.45, 7) is 5.63. The van der Waals surface area contributed by atoms with E-state index in [1.165, 1.54) is 6.26 Å². The second-order valence-electron chi connectivity index (χ2n) is 3.97. The van der Waals surface area contributed by atoms with Crippen LogP contribution in [-0.4, -0.2) is 17.3 Å². The molecular weight excluding hydrogens is 216 g/mol. The topological polar surface area (TPSA) is 38.7 Å². The van der Waals surface area contributed by atoms with Crippen LogP contribution >= 0.6 is 0 Å². The van der Waals surface area contributed by atoms with Crippen LogP contribution in [0.25, 0.3) is 0 Å². The molecule has 0 spiro atoms. The van der Waals surface area contributed by atoms with Gasteiger partial charge >= 0.3 is 0 Å². The van der Waals surface area contributed by atoms with E-state index >= 15 is 0 Å². The monoisotopic (exact) mass is 232 g/mol. The maximum Gasteiger partial charge on any atom is 0.181 e. The first-order valence-electron chi connectivity index (χ1n) is 5.61. The lowest BCUT2D eigenvalue weighted by atomic mass is 9.99. The average Bonchev–Trinajstić information content (AvgIpc) is 2.35. The predicted molar refractivity (Wildman–Crippen MR) is 65.6 cm³/mol. The van der Waals surface area contributed by atoms with Crippen molar-refractivity contribution in [2.75, 3.05) is 0 Å². The van der Waals surface area contributed by atoms with Crippen LogP contribution < -0.4 is 4.74 Å². The van der Waals surface area contributed by atoms with E-state index in [-0.39, 0.29) is 0 Å². The fourth-order valence-corrected chi connectivity index (χ4v) is 1.84. The van der Waals surface area contributed by atoms with Gasteiger partial charge in [0.05, 0.1) is 6.26 Å². The van der Waals surface area contributed by atoms with Crippen molar-refractivity contribution >= 4 is 0 Å². The highest BCUT2D eigenvalue weighted by Gasteiger charge is 2.31. The molecule has 0 bridgehead atoms. The molecule has 1 N–H and O–H groups in total. The molecule has 3 nitrogen and oxygen atoms in total. The normalized spacial score (nSPS) is 22.9. The van der Waals surface area contributed by atoms with E-state index in [0.29, 0.717) is 12.2 Å². The number of aliphatic hydroxyl groups is 1. The van der Waals surface area contributed by atoms with Gasteiger partial charge in [0.15, 0.2) is 6.10 Å². The van der Waals surface area contributed by atoms with Gasteiger partial charge in [-0.2, -0.15) is 0 Å². The van der Waals surface area contributed by atoms with E-state index < -0.39 is 12.2 Å². The Bertz CT molecular complexity index is 437. The molecule has 0 amide bonds. The minimum Gasteiger partial charge on any atom is -0.479 e. The lowest BCUT2D eigenvalue weighted by Gasteiger charge is -2.30. The van der Waals surface area contributed by atoms with Crippen LogP contribution in [0.1, 0.15) is 12.5 Å². The number of hydrogen-bond donors (Lipinski definition) is 1. The van der Waals surface area contributed by atoms with Crippen molar-refractivity contribution in [1.82, 2.24) is 0 Å². The van der Waals surface area contributed by atoms with Crippen LogP contribution in [0.2, 0.25) is 0 Å². The zero-order valence-corrected chi connectivity index (χ0v) is 9.80. The lowest BCUT2D eigenvalue weighted by molar-refractivity contribution is 0.0187. The highest BCUT2D eigenvalue weighted by atomic mass is 16.5. The molecule has 90 valence electrons. The molecular formula is C14H16O3. The third kappa shape index (κ3) is 2.50. The van der Waals surface area contributed by atoms with Gasteiger partial charge in [-0.1, -0.05) is 30.9 Å². The minimum atomic E-state index is -0.623. The van der Waals surface area contributed by atoms with Crippen LogP contribution in [0.15, 0.2) is 48.9 Å². The number of para-hydroxylation sites is 1. The molecule has 0 saturated carbocycles. The van der Waals surface area contributed by atoms with E-state index in [4.69, 9.17) is 9.47 Å². The average molecular weight is 232 g/mol. The predicted octanol–water partition coefficient (Wildman–Crippen LogP) is 2.41. The highest BCUT2D eigenvalue weighted by molar-refractivity contribution is 5.37. The standard InChI is InChI=1S/C14H16O3/c1-3-8-16-10(2)14-12(15)9-11-6-4-5-7-13(11)17-14/h3-8,12,14-15H,2,9H2,1H3/b8-3-/t12-,14+/m0/s1. The molecule has 1 aromatic carbocycles. The van der Waals surface area contributed by atoms with Crippen LogP contribution in [0.3, 0.4) is 0 Å². The van der Waals surface area contributed by atoms with Gasteiger partial charge in [-0.05, 0) is 18.6 Å². The van der Waals surface area contributed by atoms with Crippen molar-refractivity contribution in [3.05, 3.63) is 54.5 Å². The van der Waals surface area contributed by atoms with E-state index in [9.17, 15) is 5.11 Å². The Morgan fingerprint density at radius 1 is 1.53 bits per heavy atom. The van der Waals surface area contributed by atoms with Gasteiger partial charge in [-0.3, -0.25) is 0 Å². The molecule has 17 heavy (non-hydrogen) atoms. The maximum atomic E-state index is 10.00. The van der Waals surface area contributed by atoms with Gasteiger partial charge < -0.3 is 14.6 Å². The summed E-state index contributed by atoms with van der Waals surface area (Å²) in [6.07, 6.45) is 2.70. The van der Waals surface area contributed by atoms with Crippen molar-refractivity contribution in [2.24, 2.45) is 0 Å². The number of rotatable bonds is 3. The molecule has 0 aliphatic carbocycles. The second kappa shape index (κ2) is 5.06. The summed E-state index contributed by atoms with van der Waals surface area (Å²) in [7, 11) is 0. The van der Waals surface area contributed by atoms with E-state index in [2.05, 4.69) is 6.58 Å². The Balaban J connectivity index is 2.14. The summed E-state index contributed by atoms with van der Waals surface area (Å²) >= 11 is 0. The Kier molecular flexibility index (Phi) is 3.49. The highest BCUT2D eigenvalue weighted by Crippen LogP contribution is 2.30. The zero-order chi connectivity index (χ0) is 12.3. The van der Waals surface area contributed by atoms with Crippen molar-refractivity contribution in [2.45, 2.75) is 25.6 Å². The van der Waals surface area contributed by atoms with E-state index in [1.807, 2.05) is 31.2 Å². The summed E-state index contributed by atoms with van der Waals surface area (Å²) in [4.78, 5) is 0. The van der Waals surface area contributed by atoms with Gasteiger partial charge in [0.25, 0.3) is 0 Å². The molecule has 1 heterocycles. The maximum absolute atomic E-state index is 10.00. The van der Waals surface area contributed by atoms with Crippen LogP contribution in [0, 0.1) is 0 Å². The number of fused-ring (bicyclic) bond motifs is 1. The van der Waals surface area contributed by atoms with Crippen LogP contribution in [0.4, 0.5) is 0 Å². The van der Waals surface area contributed by atoms with Gasteiger partial charge in [0, 0.05) is 6.42 Å². The van der Waals surface area contributed by atoms with Gasteiger partial charge in [0.1, 0.15) is 17.6 Å². The van der Waals surface area contributed by atoms with Gasteiger partial charge in [0.2, 0.25) is 0 Å². The molecule has 2 rings (SSSR count). The number of hydrogen-bond acceptors (Lipinski definition) is 3. The molecule has 1 aliphatic rings. The molecule has 0 aromatic heterocycles. The molecule has 1 aliphatic heterocycles. The number of ether oxygens (including phenoxy) is 2. The van der Waals surface area contributed by atoms with Crippen molar-refractivity contribution in [3.8, 4) is 5.75 Å².